The molecule has 0 saturated heterocycles. The lowest BCUT2D eigenvalue weighted by Crippen LogP contribution is -2.35. The number of carbonyl (C=O) groups is 1. The lowest BCUT2D eigenvalue weighted by Gasteiger charge is -2.12. The van der Waals surface area contributed by atoms with E-state index in [1.807, 2.05) is 57.2 Å². The summed E-state index contributed by atoms with van der Waals surface area (Å²) in [6.45, 7) is 5.81. The molecule has 1 unspecified atom stereocenters. The summed E-state index contributed by atoms with van der Waals surface area (Å²) in [5.41, 5.74) is 4.75. The minimum Gasteiger partial charge on any atom is -0.325 e. The molecule has 1 aromatic heterocycles. The van der Waals surface area contributed by atoms with Gasteiger partial charge in [-0.1, -0.05) is 24.0 Å². The van der Waals surface area contributed by atoms with Crippen molar-refractivity contribution in [1.29, 1.82) is 0 Å². The minimum absolute atomic E-state index is 0.264. The van der Waals surface area contributed by atoms with E-state index >= 15 is 0 Å². The van der Waals surface area contributed by atoms with Crippen molar-refractivity contribution < 1.29 is 4.79 Å². The summed E-state index contributed by atoms with van der Waals surface area (Å²) < 4.78 is 0. The summed E-state index contributed by atoms with van der Waals surface area (Å²) >= 11 is 0. The Labute approximate surface area is 146 Å². The van der Waals surface area contributed by atoms with Gasteiger partial charge in [0.05, 0.1) is 17.8 Å². The molecule has 0 saturated carbocycles. The lowest BCUT2D eigenvalue weighted by molar-refractivity contribution is 0.251. The first-order valence-corrected chi connectivity index (χ1v) is 8.11. The van der Waals surface area contributed by atoms with Gasteiger partial charge in [-0.25, -0.2) is 4.79 Å². The third-order valence-corrected chi connectivity index (χ3v) is 3.86. The van der Waals surface area contributed by atoms with Gasteiger partial charge in [0.1, 0.15) is 0 Å². The van der Waals surface area contributed by atoms with Gasteiger partial charge in [-0.15, -0.1) is 0 Å². The van der Waals surface area contributed by atoms with Gasteiger partial charge < -0.3 is 10.6 Å². The first kappa shape index (κ1) is 16.6. The Balaban J connectivity index is 1.63. The average molecular weight is 332 g/mol. The van der Waals surface area contributed by atoms with E-state index in [4.69, 9.17) is 0 Å². The average Bonchev–Trinajstić information content (AvgIpc) is 3.04. The number of aryl methyl sites for hydroxylation is 2. The highest BCUT2D eigenvalue weighted by Crippen LogP contribution is 2.16. The molecule has 3 N–H and O–H groups in total. The Hall–Kier alpha value is -3.26. The molecule has 0 bridgehead atoms. The van der Waals surface area contributed by atoms with Gasteiger partial charge in [-0.2, -0.15) is 5.10 Å². The molecule has 5 nitrogen and oxygen atoms in total. The molecule has 0 aliphatic heterocycles. The third-order valence-electron chi connectivity index (χ3n) is 3.86. The molecule has 5 heteroatoms. The second-order valence-corrected chi connectivity index (χ2v) is 6.08. The summed E-state index contributed by atoms with van der Waals surface area (Å²) in [5, 5.41) is 13.7. The second-order valence-electron chi connectivity index (χ2n) is 6.08. The predicted octanol–water partition coefficient (Wildman–Crippen LogP) is 3.74. The molecule has 1 atom stereocenters. The van der Waals surface area contributed by atoms with Crippen LogP contribution in [0.4, 0.5) is 10.5 Å². The highest BCUT2D eigenvalue weighted by Gasteiger charge is 2.07. The van der Waals surface area contributed by atoms with Crippen molar-refractivity contribution in [3.05, 3.63) is 59.3 Å². The molecule has 0 fully saturated rings. The maximum absolute atomic E-state index is 12.1. The predicted molar refractivity (Wildman–Crippen MR) is 101 cm³/mol. The van der Waals surface area contributed by atoms with Gasteiger partial charge in [0.15, 0.2) is 0 Å². The zero-order chi connectivity index (χ0) is 17.8. The fraction of sp³-hybridized carbons (Fsp3) is 0.200. The number of amides is 2. The largest absolute Gasteiger partial charge is 0.325 e. The molecule has 0 aliphatic rings. The second kappa shape index (κ2) is 7.10. The molecule has 0 spiro atoms. The zero-order valence-electron chi connectivity index (χ0n) is 14.5. The molecular weight excluding hydrogens is 312 g/mol. The normalized spacial score (nSPS) is 11.5. The van der Waals surface area contributed by atoms with Crippen LogP contribution in [0.25, 0.3) is 10.9 Å². The van der Waals surface area contributed by atoms with E-state index in [1.54, 1.807) is 6.20 Å². The Morgan fingerprint density at radius 1 is 1.20 bits per heavy atom. The number of fused-ring (bicyclic) bond motifs is 1. The Bertz CT molecular complexity index is 978. The number of nitrogens with zero attached hydrogens (tertiary/aromatic N) is 1. The van der Waals surface area contributed by atoms with Crippen LogP contribution < -0.4 is 10.6 Å². The Morgan fingerprint density at radius 2 is 2.04 bits per heavy atom. The Morgan fingerprint density at radius 3 is 2.88 bits per heavy atom. The zero-order valence-corrected chi connectivity index (χ0v) is 14.5. The van der Waals surface area contributed by atoms with E-state index in [-0.39, 0.29) is 12.1 Å². The summed E-state index contributed by atoms with van der Waals surface area (Å²) in [6, 6.07) is 11.3. The lowest BCUT2D eigenvalue weighted by atomic mass is 10.1. The van der Waals surface area contributed by atoms with Gasteiger partial charge in [-0.3, -0.25) is 5.10 Å². The number of rotatable bonds is 2. The van der Waals surface area contributed by atoms with Crippen molar-refractivity contribution in [2.24, 2.45) is 0 Å². The van der Waals surface area contributed by atoms with Crippen molar-refractivity contribution in [2.45, 2.75) is 26.8 Å². The van der Waals surface area contributed by atoms with Crippen LogP contribution in [0, 0.1) is 25.7 Å². The van der Waals surface area contributed by atoms with E-state index in [0.717, 1.165) is 33.3 Å². The van der Waals surface area contributed by atoms with Crippen LogP contribution in [0.15, 0.2) is 42.6 Å². The monoisotopic (exact) mass is 332 g/mol. The van der Waals surface area contributed by atoms with Crippen molar-refractivity contribution >= 4 is 22.6 Å². The third kappa shape index (κ3) is 4.18. The number of aromatic nitrogens is 2. The van der Waals surface area contributed by atoms with Crippen LogP contribution in [-0.2, 0) is 0 Å². The van der Waals surface area contributed by atoms with Crippen LogP contribution in [0.5, 0.6) is 0 Å². The number of benzene rings is 2. The molecule has 0 aliphatic carbocycles. The molecule has 3 rings (SSSR count). The van der Waals surface area contributed by atoms with Crippen LogP contribution >= 0.6 is 0 Å². The maximum atomic E-state index is 12.1. The molecule has 2 aromatic carbocycles. The van der Waals surface area contributed by atoms with Crippen molar-refractivity contribution in [3.8, 4) is 11.8 Å². The standard InChI is InChI=1S/C20H20N4O/c1-13-4-5-14(2)18(10-13)23-20(25)22-15(3)6-7-16-8-9-17-12-21-24-19(17)11-16/h4-5,8-12,15H,1-3H3,(H,21,24)(H2,22,23,25). The number of urea groups is 1. The van der Waals surface area contributed by atoms with Crippen molar-refractivity contribution in [1.82, 2.24) is 15.5 Å². The van der Waals surface area contributed by atoms with Crippen molar-refractivity contribution in [2.75, 3.05) is 5.32 Å². The van der Waals surface area contributed by atoms with E-state index in [0.29, 0.717) is 0 Å². The van der Waals surface area contributed by atoms with E-state index in [2.05, 4.69) is 32.7 Å². The van der Waals surface area contributed by atoms with Gasteiger partial charge in [0.25, 0.3) is 0 Å². The summed E-state index contributed by atoms with van der Waals surface area (Å²) in [5.74, 6) is 6.12. The number of aromatic amines is 1. The van der Waals surface area contributed by atoms with Crippen LogP contribution in [0.3, 0.4) is 0 Å². The van der Waals surface area contributed by atoms with Gasteiger partial charge in [0.2, 0.25) is 0 Å². The molecule has 25 heavy (non-hydrogen) atoms. The van der Waals surface area contributed by atoms with Crippen LogP contribution in [-0.4, -0.2) is 22.3 Å². The van der Waals surface area contributed by atoms with Crippen LogP contribution in [0.2, 0.25) is 0 Å². The maximum Gasteiger partial charge on any atom is 0.320 e. The number of hydrogen-bond donors (Lipinski definition) is 3. The SMILES string of the molecule is Cc1ccc(C)c(NC(=O)NC(C)C#Cc2ccc3cn[nH]c3c2)c1. The minimum atomic E-state index is -0.275. The number of anilines is 1. The Kier molecular flexibility index (Phi) is 4.71. The first-order valence-electron chi connectivity index (χ1n) is 8.11. The fourth-order valence-corrected chi connectivity index (χ4v) is 2.47. The summed E-state index contributed by atoms with van der Waals surface area (Å²) in [4.78, 5) is 12.1. The van der Waals surface area contributed by atoms with Gasteiger partial charge >= 0.3 is 6.03 Å². The number of hydrogen-bond acceptors (Lipinski definition) is 2. The topological polar surface area (TPSA) is 69.8 Å². The van der Waals surface area contributed by atoms with E-state index in [9.17, 15) is 4.79 Å². The van der Waals surface area contributed by atoms with E-state index in [1.165, 1.54) is 0 Å². The molecule has 3 aromatic rings. The highest BCUT2D eigenvalue weighted by atomic mass is 16.2. The highest BCUT2D eigenvalue weighted by molar-refractivity contribution is 5.90. The fourth-order valence-electron chi connectivity index (χ4n) is 2.47. The molecular formula is C20H20N4O. The van der Waals surface area contributed by atoms with Gasteiger partial charge in [-0.05, 0) is 56.2 Å². The molecule has 1 heterocycles. The first-order chi connectivity index (χ1) is 12.0. The number of H-pyrrole nitrogens is 1. The summed E-state index contributed by atoms with van der Waals surface area (Å²) in [7, 11) is 0. The molecule has 2 amide bonds. The van der Waals surface area contributed by atoms with Crippen molar-refractivity contribution in [3.63, 3.8) is 0 Å². The number of carbonyl (C=O) groups excluding carboxylic acids is 1. The van der Waals surface area contributed by atoms with Crippen LogP contribution in [0.1, 0.15) is 23.6 Å². The quantitative estimate of drug-likeness (QED) is 0.626. The summed E-state index contributed by atoms with van der Waals surface area (Å²) in [6.07, 6.45) is 1.77. The van der Waals surface area contributed by atoms with Gasteiger partial charge in [0, 0.05) is 16.6 Å². The number of nitrogens with one attached hydrogen (secondary N) is 3. The molecule has 0 radical (unpaired) electrons. The smallest absolute Gasteiger partial charge is 0.320 e. The van der Waals surface area contributed by atoms with E-state index < -0.39 is 0 Å². The molecule has 126 valence electrons.